The van der Waals surface area contributed by atoms with Crippen molar-refractivity contribution in [3.63, 3.8) is 0 Å². The Labute approximate surface area is 300 Å². The van der Waals surface area contributed by atoms with Crippen LogP contribution < -0.4 is 16.0 Å². The average Bonchev–Trinajstić information content (AvgIpc) is 3.82. The molecule has 0 bridgehead atoms. The van der Waals surface area contributed by atoms with Crippen molar-refractivity contribution in [3.8, 4) is 11.3 Å². The lowest BCUT2D eigenvalue weighted by atomic mass is 10.1. The zero-order valence-electron chi connectivity index (χ0n) is 25.4. The normalized spacial score (nSPS) is 11.8. The van der Waals surface area contributed by atoms with Crippen LogP contribution in [0.5, 0.6) is 0 Å². The SMILES string of the molecule is O=C(Nc1ccc(SC(C(=O)Nc2nc(-c3ccc(Cl)c(Cl)c3)cs2)c2ccccc2)cc1)/C(=C/c1ccco1)NC(=O)c1ccccc1. The molecule has 0 spiro atoms. The summed E-state index contributed by atoms with van der Waals surface area (Å²) in [7, 11) is 0. The third-order valence-electron chi connectivity index (χ3n) is 7.01. The van der Waals surface area contributed by atoms with Crippen LogP contribution in [-0.2, 0) is 9.59 Å². The number of thiazole rings is 1. The molecular formula is C37H26Cl2N4O4S2. The molecule has 3 N–H and O–H groups in total. The van der Waals surface area contributed by atoms with Gasteiger partial charge in [-0.2, -0.15) is 0 Å². The monoisotopic (exact) mass is 724 g/mol. The van der Waals surface area contributed by atoms with E-state index in [1.54, 1.807) is 66.7 Å². The molecule has 4 aromatic carbocycles. The van der Waals surface area contributed by atoms with Crippen LogP contribution in [0.4, 0.5) is 10.8 Å². The number of carbonyl (C=O) groups excluding carboxylic acids is 3. The highest BCUT2D eigenvalue weighted by molar-refractivity contribution is 8.00. The van der Waals surface area contributed by atoms with Gasteiger partial charge in [-0.15, -0.1) is 23.1 Å². The maximum atomic E-state index is 13.7. The van der Waals surface area contributed by atoms with Gasteiger partial charge in [0.15, 0.2) is 5.13 Å². The van der Waals surface area contributed by atoms with Crippen LogP contribution in [0, 0.1) is 0 Å². The molecule has 0 saturated carbocycles. The van der Waals surface area contributed by atoms with Crippen molar-refractivity contribution in [2.75, 3.05) is 10.6 Å². The quantitative estimate of drug-likeness (QED) is 0.0906. The summed E-state index contributed by atoms with van der Waals surface area (Å²) in [6.07, 6.45) is 2.94. The minimum atomic E-state index is -0.602. The number of nitrogens with one attached hydrogen (secondary N) is 3. The van der Waals surface area contributed by atoms with E-state index >= 15 is 0 Å². The summed E-state index contributed by atoms with van der Waals surface area (Å²) >= 11 is 14.9. The molecule has 3 amide bonds. The Morgan fingerprint density at radius 1 is 0.816 bits per heavy atom. The molecule has 0 fully saturated rings. The van der Waals surface area contributed by atoms with E-state index in [9.17, 15) is 14.4 Å². The number of rotatable bonds is 11. The largest absolute Gasteiger partial charge is 0.465 e. The van der Waals surface area contributed by atoms with Crippen LogP contribution in [-0.4, -0.2) is 22.7 Å². The highest BCUT2D eigenvalue weighted by Gasteiger charge is 2.24. The molecule has 244 valence electrons. The first-order valence-corrected chi connectivity index (χ1v) is 17.3. The predicted octanol–water partition coefficient (Wildman–Crippen LogP) is 9.59. The van der Waals surface area contributed by atoms with Gasteiger partial charge in [-0.05, 0) is 66.2 Å². The zero-order chi connectivity index (χ0) is 34.2. The van der Waals surface area contributed by atoms with Crippen LogP contribution in [0.25, 0.3) is 17.3 Å². The van der Waals surface area contributed by atoms with Crippen molar-refractivity contribution in [1.29, 1.82) is 0 Å². The van der Waals surface area contributed by atoms with Crippen molar-refractivity contribution in [3.05, 3.63) is 160 Å². The topological polar surface area (TPSA) is 113 Å². The van der Waals surface area contributed by atoms with E-state index in [2.05, 4.69) is 20.9 Å². The van der Waals surface area contributed by atoms with Gasteiger partial charge in [-0.1, -0.05) is 77.8 Å². The lowest BCUT2D eigenvalue weighted by molar-refractivity contribution is -0.116. The summed E-state index contributed by atoms with van der Waals surface area (Å²) in [5.74, 6) is -0.815. The van der Waals surface area contributed by atoms with E-state index in [1.165, 1.54) is 35.4 Å². The Kier molecular flexibility index (Phi) is 10.9. The number of furan rings is 1. The van der Waals surface area contributed by atoms with Crippen LogP contribution in [0.15, 0.2) is 142 Å². The van der Waals surface area contributed by atoms with Crippen molar-refractivity contribution >= 4 is 80.9 Å². The first-order chi connectivity index (χ1) is 23.8. The highest BCUT2D eigenvalue weighted by atomic mass is 35.5. The lowest BCUT2D eigenvalue weighted by Gasteiger charge is -2.16. The average molecular weight is 726 g/mol. The van der Waals surface area contributed by atoms with Gasteiger partial charge in [-0.3, -0.25) is 14.4 Å². The molecule has 1 atom stereocenters. The van der Waals surface area contributed by atoms with Gasteiger partial charge < -0.3 is 20.4 Å². The molecule has 6 rings (SSSR count). The molecule has 8 nitrogen and oxygen atoms in total. The fraction of sp³-hybridized carbons (Fsp3) is 0.0270. The van der Waals surface area contributed by atoms with Gasteiger partial charge >= 0.3 is 0 Å². The van der Waals surface area contributed by atoms with Crippen LogP contribution in [0.3, 0.4) is 0 Å². The third kappa shape index (κ3) is 8.87. The summed E-state index contributed by atoms with van der Waals surface area (Å²) in [5, 5.41) is 11.0. The Balaban J connectivity index is 1.15. The molecular weight excluding hydrogens is 699 g/mol. The van der Waals surface area contributed by atoms with E-state index in [1.807, 2.05) is 53.9 Å². The fourth-order valence-electron chi connectivity index (χ4n) is 4.60. The Hall–Kier alpha value is -5.13. The highest BCUT2D eigenvalue weighted by Crippen LogP contribution is 2.37. The predicted molar refractivity (Wildman–Crippen MR) is 197 cm³/mol. The molecule has 49 heavy (non-hydrogen) atoms. The second kappa shape index (κ2) is 15.8. The molecule has 0 saturated heterocycles. The van der Waals surface area contributed by atoms with Gasteiger partial charge in [-0.25, -0.2) is 4.98 Å². The molecule has 1 unspecified atom stereocenters. The van der Waals surface area contributed by atoms with Crippen LogP contribution in [0.1, 0.15) is 26.9 Å². The smallest absolute Gasteiger partial charge is 0.272 e. The van der Waals surface area contributed by atoms with Gasteiger partial charge in [0.2, 0.25) is 5.91 Å². The summed E-state index contributed by atoms with van der Waals surface area (Å²) in [4.78, 5) is 45.2. The summed E-state index contributed by atoms with van der Waals surface area (Å²) in [6, 6.07) is 33.7. The van der Waals surface area contributed by atoms with Crippen LogP contribution in [0.2, 0.25) is 10.0 Å². The standard InChI is InChI=1S/C37H26Cl2N4O4S2/c38-29-18-13-25(20-30(29)39)32-22-48-37(42-32)43-36(46)33(23-8-3-1-4-9-23)49-28-16-14-26(15-17-28)40-35(45)31(21-27-12-7-19-47-27)41-34(44)24-10-5-2-6-11-24/h1-22,33H,(H,40,45)(H,41,44)(H,42,43,46)/b31-21-. The number of aromatic nitrogens is 1. The van der Waals surface area contributed by atoms with Gasteiger partial charge in [0.1, 0.15) is 16.7 Å². The number of thioether (sulfide) groups is 1. The minimum Gasteiger partial charge on any atom is -0.465 e. The second-order valence-electron chi connectivity index (χ2n) is 10.4. The van der Waals surface area contributed by atoms with Gasteiger partial charge in [0.05, 0.1) is 22.0 Å². The van der Waals surface area contributed by atoms with Crippen molar-refractivity contribution < 1.29 is 18.8 Å². The molecule has 2 heterocycles. The van der Waals surface area contributed by atoms with Crippen molar-refractivity contribution in [2.45, 2.75) is 10.1 Å². The Bertz CT molecular complexity index is 2100. The number of hydrogen-bond donors (Lipinski definition) is 3. The lowest BCUT2D eigenvalue weighted by Crippen LogP contribution is -2.30. The van der Waals surface area contributed by atoms with Crippen molar-refractivity contribution in [1.82, 2.24) is 10.3 Å². The number of amides is 3. The maximum Gasteiger partial charge on any atom is 0.272 e. The second-order valence-corrected chi connectivity index (χ2v) is 13.3. The summed E-state index contributed by atoms with van der Waals surface area (Å²) in [5.41, 5.74) is 3.17. The molecule has 6 aromatic rings. The first-order valence-electron chi connectivity index (χ1n) is 14.8. The number of benzene rings is 4. The Morgan fingerprint density at radius 3 is 2.24 bits per heavy atom. The minimum absolute atomic E-state index is 0.00701. The Morgan fingerprint density at radius 2 is 1.55 bits per heavy atom. The number of carbonyl (C=O) groups is 3. The van der Waals surface area contributed by atoms with E-state index < -0.39 is 17.1 Å². The molecule has 0 aliphatic heterocycles. The zero-order valence-corrected chi connectivity index (χ0v) is 28.6. The molecule has 0 radical (unpaired) electrons. The van der Waals surface area contributed by atoms with Gasteiger partial charge in [0, 0.05) is 33.2 Å². The van der Waals surface area contributed by atoms with E-state index in [0.29, 0.717) is 37.9 Å². The molecule has 2 aromatic heterocycles. The molecule has 12 heteroatoms. The fourth-order valence-corrected chi connectivity index (χ4v) is 6.65. The van der Waals surface area contributed by atoms with E-state index in [4.69, 9.17) is 27.6 Å². The summed E-state index contributed by atoms with van der Waals surface area (Å²) in [6.45, 7) is 0. The third-order valence-corrected chi connectivity index (χ3v) is 9.78. The van der Waals surface area contributed by atoms with Gasteiger partial charge in [0.25, 0.3) is 11.8 Å². The number of nitrogens with zero attached hydrogens (tertiary/aromatic N) is 1. The molecule has 0 aliphatic carbocycles. The summed E-state index contributed by atoms with van der Waals surface area (Å²) < 4.78 is 5.37. The molecule has 0 aliphatic rings. The first kappa shape index (κ1) is 33.8. The van der Waals surface area contributed by atoms with Crippen LogP contribution >= 0.6 is 46.3 Å². The number of hydrogen-bond acceptors (Lipinski definition) is 7. The van der Waals surface area contributed by atoms with E-state index in [-0.39, 0.29) is 11.6 Å². The van der Waals surface area contributed by atoms with Crippen molar-refractivity contribution in [2.24, 2.45) is 0 Å². The number of anilines is 2. The van der Waals surface area contributed by atoms with E-state index in [0.717, 1.165) is 16.0 Å². The number of halogens is 2. The maximum absolute atomic E-state index is 13.7.